The monoisotopic (exact) mass is 368 g/mol. The Kier molecular flexibility index (Phi) is 4.59. The van der Waals surface area contributed by atoms with Crippen molar-refractivity contribution in [3.05, 3.63) is 41.3 Å². The van der Waals surface area contributed by atoms with E-state index in [-0.39, 0.29) is 0 Å². The van der Waals surface area contributed by atoms with Gasteiger partial charge in [-0.25, -0.2) is 14.6 Å². The highest BCUT2D eigenvalue weighted by Gasteiger charge is 2.24. The van der Waals surface area contributed by atoms with Crippen LogP contribution in [0.1, 0.15) is 48.0 Å². The zero-order valence-electron chi connectivity index (χ0n) is 16.2. The molecule has 0 spiro atoms. The Morgan fingerprint density at radius 3 is 2.67 bits per heavy atom. The van der Waals surface area contributed by atoms with Crippen LogP contribution in [-0.4, -0.2) is 34.0 Å². The molecule has 3 aromatic rings. The first-order valence-electron chi connectivity index (χ1n) is 9.18. The van der Waals surface area contributed by atoms with Crippen molar-refractivity contribution in [1.29, 1.82) is 0 Å². The van der Waals surface area contributed by atoms with Crippen LogP contribution in [0.15, 0.2) is 22.9 Å². The maximum atomic E-state index is 5.94. The van der Waals surface area contributed by atoms with Gasteiger partial charge in [0, 0.05) is 11.5 Å². The fourth-order valence-electron chi connectivity index (χ4n) is 3.41. The molecule has 0 bridgehead atoms. The molecule has 0 atom stereocenters. The van der Waals surface area contributed by atoms with Gasteiger partial charge in [-0.1, -0.05) is 6.42 Å². The lowest BCUT2D eigenvalue weighted by molar-refractivity contribution is 0.388. The van der Waals surface area contributed by atoms with E-state index in [2.05, 4.69) is 10.1 Å². The van der Waals surface area contributed by atoms with E-state index >= 15 is 0 Å². The maximum absolute atomic E-state index is 5.94. The third kappa shape index (κ3) is 3.18. The van der Waals surface area contributed by atoms with E-state index in [0.717, 1.165) is 34.2 Å². The molecular weight excluding hydrogens is 344 g/mol. The summed E-state index contributed by atoms with van der Waals surface area (Å²) in [6.45, 7) is 4.40. The molecule has 0 unspecified atom stereocenters. The van der Waals surface area contributed by atoms with Gasteiger partial charge in [0.05, 0.1) is 26.3 Å². The van der Waals surface area contributed by atoms with Gasteiger partial charge in [0.25, 0.3) is 0 Å². The lowest BCUT2D eigenvalue weighted by Gasteiger charge is -2.21. The van der Waals surface area contributed by atoms with E-state index in [1.165, 1.54) is 19.3 Å². The predicted octanol–water partition coefficient (Wildman–Crippen LogP) is 3.88. The van der Waals surface area contributed by atoms with Gasteiger partial charge in [-0.05, 0) is 38.8 Å². The van der Waals surface area contributed by atoms with E-state index in [1.54, 1.807) is 20.5 Å². The number of rotatable bonds is 6. The second-order valence-corrected chi connectivity index (χ2v) is 6.92. The number of benzene rings is 1. The number of nitrogens with zero attached hydrogens (tertiary/aromatic N) is 4. The Balaban J connectivity index is 1.62. The summed E-state index contributed by atoms with van der Waals surface area (Å²) in [5.74, 6) is 4.23. The van der Waals surface area contributed by atoms with Gasteiger partial charge in [-0.3, -0.25) is 0 Å². The summed E-state index contributed by atoms with van der Waals surface area (Å²) in [7, 11) is 3.28. The molecule has 0 amide bonds. The molecular formula is C20H24N4O3. The van der Waals surface area contributed by atoms with Crippen molar-refractivity contribution in [2.45, 2.75) is 45.6 Å². The van der Waals surface area contributed by atoms with Crippen molar-refractivity contribution in [2.24, 2.45) is 0 Å². The Morgan fingerprint density at radius 2 is 2.00 bits per heavy atom. The maximum Gasteiger partial charge on any atom is 0.230 e. The van der Waals surface area contributed by atoms with Gasteiger partial charge in [0.1, 0.15) is 29.3 Å². The summed E-state index contributed by atoms with van der Waals surface area (Å²) in [5.41, 5.74) is 2.56. The third-order valence-electron chi connectivity index (χ3n) is 5.24. The van der Waals surface area contributed by atoms with E-state index in [9.17, 15) is 0 Å². The highest BCUT2D eigenvalue weighted by Crippen LogP contribution is 2.38. The molecule has 27 heavy (non-hydrogen) atoms. The summed E-state index contributed by atoms with van der Waals surface area (Å²) in [4.78, 5) is 9.14. The highest BCUT2D eigenvalue weighted by molar-refractivity contribution is 5.68. The molecule has 142 valence electrons. The van der Waals surface area contributed by atoms with Gasteiger partial charge in [0.2, 0.25) is 5.89 Å². The van der Waals surface area contributed by atoms with E-state index < -0.39 is 0 Å². The molecule has 0 N–H and O–H groups in total. The van der Waals surface area contributed by atoms with Crippen LogP contribution in [0.2, 0.25) is 0 Å². The zero-order chi connectivity index (χ0) is 19.0. The third-order valence-corrected chi connectivity index (χ3v) is 5.24. The molecule has 2 aromatic heterocycles. The van der Waals surface area contributed by atoms with Crippen molar-refractivity contribution in [1.82, 2.24) is 19.7 Å². The van der Waals surface area contributed by atoms with Crippen LogP contribution >= 0.6 is 0 Å². The SMILES string of the molecule is COc1ccc(-c2nc(Cn3cnc(C4CCC4)n3)c(C)o2)c(OC)c1C. The first-order valence-corrected chi connectivity index (χ1v) is 9.18. The number of methoxy groups -OCH3 is 2. The van der Waals surface area contributed by atoms with Crippen molar-refractivity contribution in [3.63, 3.8) is 0 Å². The highest BCUT2D eigenvalue weighted by atomic mass is 16.5. The Morgan fingerprint density at radius 1 is 1.19 bits per heavy atom. The number of hydrogen-bond acceptors (Lipinski definition) is 6. The Bertz CT molecular complexity index is 956. The number of aryl methyl sites for hydroxylation is 1. The van der Waals surface area contributed by atoms with Crippen LogP contribution in [0.25, 0.3) is 11.5 Å². The van der Waals surface area contributed by atoms with Crippen LogP contribution in [0, 0.1) is 13.8 Å². The molecule has 1 aliphatic carbocycles. The number of oxazole rings is 1. The summed E-state index contributed by atoms with van der Waals surface area (Å²) < 4.78 is 18.7. The average molecular weight is 368 g/mol. The van der Waals surface area contributed by atoms with E-state index in [4.69, 9.17) is 18.9 Å². The first-order chi connectivity index (χ1) is 13.1. The lowest BCUT2D eigenvalue weighted by atomic mass is 9.85. The largest absolute Gasteiger partial charge is 0.496 e. The quantitative estimate of drug-likeness (QED) is 0.657. The second-order valence-electron chi connectivity index (χ2n) is 6.92. The molecule has 1 fully saturated rings. The molecule has 0 saturated heterocycles. The summed E-state index contributed by atoms with van der Waals surface area (Å²) in [6, 6.07) is 3.80. The summed E-state index contributed by atoms with van der Waals surface area (Å²) >= 11 is 0. The van der Waals surface area contributed by atoms with Gasteiger partial charge in [-0.15, -0.1) is 0 Å². The smallest absolute Gasteiger partial charge is 0.230 e. The molecule has 4 rings (SSSR count). The van der Waals surface area contributed by atoms with Crippen molar-refractivity contribution in [2.75, 3.05) is 14.2 Å². The predicted molar refractivity (Wildman–Crippen MR) is 100 cm³/mol. The fourth-order valence-corrected chi connectivity index (χ4v) is 3.41. The Labute approximate surface area is 158 Å². The number of hydrogen-bond donors (Lipinski definition) is 0. The van der Waals surface area contributed by atoms with Crippen LogP contribution in [0.4, 0.5) is 0 Å². The minimum Gasteiger partial charge on any atom is -0.496 e. The molecule has 1 aliphatic rings. The minimum atomic E-state index is 0.520. The summed E-state index contributed by atoms with van der Waals surface area (Å²) in [5, 5.41) is 4.60. The molecule has 2 heterocycles. The van der Waals surface area contributed by atoms with E-state index in [1.807, 2.05) is 30.7 Å². The molecule has 1 saturated carbocycles. The average Bonchev–Trinajstić information content (AvgIpc) is 3.20. The van der Waals surface area contributed by atoms with Crippen molar-refractivity contribution in [3.8, 4) is 23.0 Å². The molecule has 0 radical (unpaired) electrons. The van der Waals surface area contributed by atoms with Crippen LogP contribution in [-0.2, 0) is 6.54 Å². The lowest BCUT2D eigenvalue weighted by Crippen LogP contribution is -2.11. The second kappa shape index (κ2) is 7.06. The summed E-state index contributed by atoms with van der Waals surface area (Å²) in [6.07, 6.45) is 5.43. The zero-order valence-corrected chi connectivity index (χ0v) is 16.2. The molecule has 1 aromatic carbocycles. The molecule has 7 heteroatoms. The number of ether oxygens (including phenoxy) is 2. The van der Waals surface area contributed by atoms with Crippen molar-refractivity contribution < 1.29 is 13.9 Å². The van der Waals surface area contributed by atoms with Crippen molar-refractivity contribution >= 4 is 0 Å². The molecule has 7 nitrogen and oxygen atoms in total. The van der Waals surface area contributed by atoms with Gasteiger partial charge in [-0.2, -0.15) is 5.10 Å². The van der Waals surface area contributed by atoms with Crippen LogP contribution in [0.5, 0.6) is 11.5 Å². The normalized spacial score (nSPS) is 14.2. The van der Waals surface area contributed by atoms with Crippen LogP contribution in [0.3, 0.4) is 0 Å². The minimum absolute atomic E-state index is 0.520. The van der Waals surface area contributed by atoms with Gasteiger partial charge < -0.3 is 13.9 Å². The fraction of sp³-hybridized carbons (Fsp3) is 0.450. The van der Waals surface area contributed by atoms with Gasteiger partial charge in [0.15, 0.2) is 5.82 Å². The van der Waals surface area contributed by atoms with Gasteiger partial charge >= 0.3 is 0 Å². The standard InChI is InChI=1S/C20H24N4O3/c1-12-17(25-3)9-8-15(18(12)26-4)20-22-16(13(2)27-20)10-24-11-21-19(23-24)14-6-5-7-14/h8-9,11,14H,5-7,10H2,1-4H3. The molecule has 0 aliphatic heterocycles. The van der Waals surface area contributed by atoms with Crippen LogP contribution < -0.4 is 9.47 Å². The topological polar surface area (TPSA) is 75.2 Å². The first kappa shape index (κ1) is 17.6. The number of aromatic nitrogens is 4. The Hall–Kier alpha value is -2.83. The van der Waals surface area contributed by atoms with E-state index in [0.29, 0.717) is 24.1 Å².